The van der Waals surface area contributed by atoms with Crippen LogP contribution in [0.15, 0.2) is 0 Å². The quantitative estimate of drug-likeness (QED) is 0.270. The Balaban J connectivity index is 1.74. The standard InChI is InChI=1S/C21H33F2N7O3/c1-14-11-28(2)7-8-30(14)20-18(23)19(24-17(10-22)25-20)26-27-21(32)16(12-29(33)13-31)9-15-5-3-4-6-15/h13-16,33H,3-12H2,1-2H3,(H,27,32)(H,24,25,26)/t14-,16-/m1/s1. The number of halogens is 2. The van der Waals surface area contributed by atoms with E-state index in [1.54, 1.807) is 4.90 Å². The van der Waals surface area contributed by atoms with Crippen LogP contribution in [0.5, 0.6) is 0 Å². The molecule has 0 unspecified atom stereocenters. The molecule has 2 atom stereocenters. The Kier molecular flexibility index (Phi) is 8.73. The van der Waals surface area contributed by atoms with Gasteiger partial charge in [0.15, 0.2) is 17.5 Å². The van der Waals surface area contributed by atoms with Gasteiger partial charge >= 0.3 is 0 Å². The summed E-state index contributed by atoms with van der Waals surface area (Å²) >= 11 is 0. The second kappa shape index (κ2) is 11.5. The monoisotopic (exact) mass is 469 g/mol. The smallest absolute Gasteiger partial charge is 0.243 e. The lowest BCUT2D eigenvalue weighted by Crippen LogP contribution is -2.51. The van der Waals surface area contributed by atoms with E-state index < -0.39 is 24.3 Å². The number of nitrogens with zero attached hydrogens (tertiary/aromatic N) is 5. The summed E-state index contributed by atoms with van der Waals surface area (Å²) in [6.07, 6.45) is 4.86. The van der Waals surface area contributed by atoms with Gasteiger partial charge in [-0.2, -0.15) is 4.39 Å². The molecule has 2 amide bonds. The van der Waals surface area contributed by atoms with Crippen molar-refractivity contribution in [3.05, 3.63) is 11.6 Å². The van der Waals surface area contributed by atoms with E-state index in [9.17, 15) is 19.2 Å². The lowest BCUT2D eigenvalue weighted by atomic mass is 9.92. The Hall–Kier alpha value is -2.60. The number of hydroxylamine groups is 2. The van der Waals surface area contributed by atoms with Gasteiger partial charge in [0.05, 0.1) is 12.5 Å². The lowest BCUT2D eigenvalue weighted by Gasteiger charge is -2.39. The molecule has 1 aliphatic carbocycles. The Labute approximate surface area is 192 Å². The molecule has 0 aromatic carbocycles. The number of amides is 2. The third-order valence-corrected chi connectivity index (χ3v) is 6.40. The minimum absolute atomic E-state index is 0.0139. The molecule has 0 spiro atoms. The van der Waals surface area contributed by atoms with Crippen molar-refractivity contribution < 1.29 is 23.6 Å². The number of likely N-dealkylation sites (N-methyl/N-ethyl adjacent to an activating group) is 1. The van der Waals surface area contributed by atoms with Gasteiger partial charge in [0.1, 0.15) is 6.67 Å². The van der Waals surface area contributed by atoms with E-state index in [1.807, 2.05) is 14.0 Å². The van der Waals surface area contributed by atoms with Crippen LogP contribution >= 0.6 is 0 Å². The molecule has 1 saturated carbocycles. The Morgan fingerprint density at radius 2 is 2.06 bits per heavy atom. The van der Waals surface area contributed by atoms with Gasteiger partial charge in [-0.05, 0) is 26.3 Å². The second-order valence-electron chi connectivity index (χ2n) is 8.99. The maximum absolute atomic E-state index is 15.3. The molecule has 1 aromatic heterocycles. The van der Waals surface area contributed by atoms with Crippen molar-refractivity contribution >= 4 is 24.0 Å². The number of alkyl halides is 1. The highest BCUT2D eigenvalue weighted by Gasteiger charge is 2.29. The number of carbonyl (C=O) groups is 2. The molecule has 3 N–H and O–H groups in total. The van der Waals surface area contributed by atoms with Crippen LogP contribution in [0.3, 0.4) is 0 Å². The van der Waals surface area contributed by atoms with E-state index in [2.05, 4.69) is 25.7 Å². The van der Waals surface area contributed by atoms with E-state index in [0.29, 0.717) is 37.0 Å². The van der Waals surface area contributed by atoms with Crippen molar-refractivity contribution in [1.29, 1.82) is 0 Å². The molecule has 2 aliphatic rings. The van der Waals surface area contributed by atoms with Crippen molar-refractivity contribution in [2.45, 2.75) is 51.7 Å². The number of anilines is 2. The van der Waals surface area contributed by atoms with Gasteiger partial charge in [-0.1, -0.05) is 25.7 Å². The van der Waals surface area contributed by atoms with Gasteiger partial charge in [0.2, 0.25) is 18.1 Å². The Morgan fingerprint density at radius 1 is 1.33 bits per heavy atom. The van der Waals surface area contributed by atoms with Crippen LogP contribution in [0.1, 0.15) is 44.9 Å². The van der Waals surface area contributed by atoms with Crippen molar-refractivity contribution in [3.63, 3.8) is 0 Å². The fourth-order valence-electron chi connectivity index (χ4n) is 4.67. The Morgan fingerprint density at radius 3 is 2.70 bits per heavy atom. The molecule has 33 heavy (non-hydrogen) atoms. The number of hydrazine groups is 1. The molecule has 1 aromatic rings. The van der Waals surface area contributed by atoms with Crippen LogP contribution in [0.25, 0.3) is 0 Å². The van der Waals surface area contributed by atoms with E-state index in [1.165, 1.54) is 0 Å². The van der Waals surface area contributed by atoms with Crippen LogP contribution in [0.4, 0.5) is 20.4 Å². The third kappa shape index (κ3) is 6.47. The van der Waals surface area contributed by atoms with Crippen molar-refractivity contribution in [2.24, 2.45) is 11.8 Å². The van der Waals surface area contributed by atoms with Crippen LogP contribution in [-0.4, -0.2) is 76.7 Å². The topological polar surface area (TPSA) is 114 Å². The van der Waals surface area contributed by atoms with Crippen molar-refractivity contribution in [3.8, 4) is 0 Å². The van der Waals surface area contributed by atoms with Gasteiger partial charge in [0, 0.05) is 25.7 Å². The van der Waals surface area contributed by atoms with Gasteiger partial charge < -0.3 is 9.80 Å². The Bertz CT molecular complexity index is 825. The number of rotatable bonds is 10. The first-order valence-corrected chi connectivity index (χ1v) is 11.4. The largest absolute Gasteiger partial charge is 0.349 e. The first-order valence-electron chi connectivity index (χ1n) is 11.4. The first kappa shape index (κ1) is 25.0. The number of aromatic nitrogens is 2. The summed E-state index contributed by atoms with van der Waals surface area (Å²) < 4.78 is 28.7. The zero-order chi connectivity index (χ0) is 24.0. The average Bonchev–Trinajstić information content (AvgIpc) is 3.31. The maximum atomic E-state index is 15.3. The number of hydrogen-bond acceptors (Lipinski definition) is 8. The van der Waals surface area contributed by atoms with E-state index in [0.717, 1.165) is 25.7 Å². The zero-order valence-electron chi connectivity index (χ0n) is 19.1. The SMILES string of the molecule is C[C@@H]1CN(C)CCN1c1nc(CF)nc(NNC(=O)[C@H](CC2CCCC2)CN(O)C=O)c1F. The first-order chi connectivity index (χ1) is 15.8. The number of carbonyl (C=O) groups excluding carboxylic acids is 2. The molecular weight excluding hydrogens is 436 g/mol. The van der Waals surface area contributed by atoms with Gasteiger partial charge in [0.25, 0.3) is 0 Å². The summed E-state index contributed by atoms with van der Waals surface area (Å²) in [6, 6.07) is -0.0438. The molecule has 3 rings (SSSR count). The second-order valence-corrected chi connectivity index (χ2v) is 8.99. The summed E-state index contributed by atoms with van der Waals surface area (Å²) in [5.74, 6) is -2.22. The maximum Gasteiger partial charge on any atom is 0.243 e. The van der Waals surface area contributed by atoms with E-state index in [4.69, 9.17) is 0 Å². The highest BCUT2D eigenvalue weighted by atomic mass is 19.1. The molecule has 0 bridgehead atoms. The lowest BCUT2D eigenvalue weighted by molar-refractivity contribution is -0.154. The number of piperazine rings is 1. The highest BCUT2D eigenvalue weighted by Crippen LogP contribution is 2.31. The minimum atomic E-state index is -0.985. The van der Waals surface area contributed by atoms with Crippen LogP contribution in [0.2, 0.25) is 0 Å². The summed E-state index contributed by atoms with van der Waals surface area (Å²) in [4.78, 5) is 35.4. The molecular formula is C21H33F2N7O3. The van der Waals surface area contributed by atoms with E-state index in [-0.39, 0.29) is 36.5 Å². The molecule has 2 fully saturated rings. The van der Waals surface area contributed by atoms with Crippen LogP contribution < -0.4 is 15.8 Å². The number of hydrogen-bond donors (Lipinski definition) is 3. The summed E-state index contributed by atoms with van der Waals surface area (Å²) in [5.41, 5.74) is 4.89. The zero-order valence-corrected chi connectivity index (χ0v) is 19.1. The van der Waals surface area contributed by atoms with Crippen LogP contribution in [-0.2, 0) is 16.3 Å². The molecule has 12 heteroatoms. The van der Waals surface area contributed by atoms with Crippen LogP contribution in [0, 0.1) is 17.7 Å². The predicted octanol–water partition coefficient (Wildman–Crippen LogP) is 1.71. The van der Waals surface area contributed by atoms with Gasteiger partial charge in [-0.3, -0.25) is 25.6 Å². The van der Waals surface area contributed by atoms with Crippen molar-refractivity contribution in [2.75, 3.05) is 43.6 Å². The molecule has 1 saturated heterocycles. The molecule has 10 nitrogen and oxygen atoms in total. The summed E-state index contributed by atoms with van der Waals surface area (Å²) in [6.45, 7) is 2.69. The molecule has 1 aliphatic heterocycles. The highest BCUT2D eigenvalue weighted by molar-refractivity contribution is 5.80. The molecule has 0 radical (unpaired) electrons. The summed E-state index contributed by atoms with van der Waals surface area (Å²) in [5, 5.41) is 10.0. The van der Waals surface area contributed by atoms with E-state index >= 15 is 4.39 Å². The molecule has 2 heterocycles. The normalized spacial score (nSPS) is 20.5. The minimum Gasteiger partial charge on any atom is -0.349 e. The van der Waals surface area contributed by atoms with Gasteiger partial charge in [-0.25, -0.2) is 19.4 Å². The fourth-order valence-corrected chi connectivity index (χ4v) is 4.67. The molecule has 184 valence electrons. The number of nitrogens with one attached hydrogen (secondary N) is 2. The summed E-state index contributed by atoms with van der Waals surface area (Å²) in [7, 11) is 1.97. The fraction of sp³-hybridized carbons (Fsp3) is 0.714. The third-order valence-electron chi connectivity index (χ3n) is 6.40. The predicted molar refractivity (Wildman–Crippen MR) is 117 cm³/mol. The van der Waals surface area contributed by atoms with Gasteiger partial charge in [-0.15, -0.1) is 0 Å². The average molecular weight is 470 g/mol. The van der Waals surface area contributed by atoms with Crippen molar-refractivity contribution in [1.82, 2.24) is 25.4 Å².